The Hall–Kier alpha value is -1.40. The van der Waals surface area contributed by atoms with E-state index < -0.39 is 23.6 Å². The fraction of sp³-hybridized carbons (Fsp3) is 0.286. The van der Waals surface area contributed by atoms with Crippen LogP contribution in [0.15, 0.2) is 24.3 Å². The second-order valence-corrected chi connectivity index (χ2v) is 6.04. The zero-order valence-corrected chi connectivity index (χ0v) is 11.7. The Morgan fingerprint density at radius 1 is 1.10 bits per heavy atom. The number of benzene rings is 1. The highest BCUT2D eigenvalue weighted by molar-refractivity contribution is 7.12. The van der Waals surface area contributed by atoms with Crippen LogP contribution in [-0.2, 0) is 6.18 Å². The molecule has 0 aliphatic carbocycles. The molecule has 2 aromatic rings. The highest BCUT2D eigenvalue weighted by atomic mass is 32.1. The van der Waals surface area contributed by atoms with Crippen LogP contribution in [-0.4, -0.2) is 0 Å². The lowest BCUT2D eigenvalue weighted by atomic mass is 9.97. The van der Waals surface area contributed by atoms with Crippen molar-refractivity contribution in [2.45, 2.75) is 26.1 Å². The van der Waals surface area contributed by atoms with Crippen LogP contribution in [0.25, 0.3) is 0 Å². The second kappa shape index (κ2) is 5.18. The molecule has 6 heteroatoms. The number of thiophene rings is 1. The Balaban J connectivity index is 2.49. The molecule has 1 nitrogen and oxygen atoms in total. The molecule has 0 amide bonds. The molecule has 0 saturated heterocycles. The number of hydrogen-bond donors (Lipinski definition) is 1. The summed E-state index contributed by atoms with van der Waals surface area (Å²) in [6.07, 6.45) is -4.51. The molecule has 2 N–H and O–H groups in total. The van der Waals surface area contributed by atoms with Gasteiger partial charge in [0.05, 0.1) is 11.6 Å². The lowest BCUT2D eigenvalue weighted by Gasteiger charge is -2.15. The summed E-state index contributed by atoms with van der Waals surface area (Å²) in [7, 11) is 0. The Morgan fingerprint density at radius 2 is 1.75 bits per heavy atom. The first-order chi connectivity index (χ1) is 9.20. The standard InChI is InChI=1S/C14H13F4NS/c1-7-5-10(8(2)20-7)13(19)11-6-9(14(16,17)18)3-4-12(11)15/h3-6,13H,19H2,1-2H3. The fourth-order valence-electron chi connectivity index (χ4n) is 2.09. The summed E-state index contributed by atoms with van der Waals surface area (Å²) in [5, 5.41) is 0. The van der Waals surface area contributed by atoms with Crippen LogP contribution in [0.5, 0.6) is 0 Å². The molecule has 2 rings (SSSR count). The maximum absolute atomic E-state index is 13.8. The van der Waals surface area contributed by atoms with Crippen LogP contribution in [0, 0.1) is 19.7 Å². The highest BCUT2D eigenvalue weighted by Gasteiger charge is 2.32. The van der Waals surface area contributed by atoms with Crippen LogP contribution in [0.4, 0.5) is 17.6 Å². The molecule has 1 atom stereocenters. The fourth-order valence-corrected chi connectivity index (χ4v) is 3.06. The third-order valence-electron chi connectivity index (χ3n) is 3.07. The molecule has 20 heavy (non-hydrogen) atoms. The van der Waals surface area contributed by atoms with Crippen molar-refractivity contribution >= 4 is 11.3 Å². The highest BCUT2D eigenvalue weighted by Crippen LogP contribution is 2.34. The summed E-state index contributed by atoms with van der Waals surface area (Å²) in [4.78, 5) is 1.87. The number of rotatable bonds is 2. The van der Waals surface area contributed by atoms with E-state index in [0.717, 1.165) is 28.0 Å². The van der Waals surface area contributed by atoms with Crippen molar-refractivity contribution in [2.75, 3.05) is 0 Å². The van der Waals surface area contributed by atoms with E-state index in [0.29, 0.717) is 5.56 Å². The predicted molar refractivity (Wildman–Crippen MR) is 71.2 cm³/mol. The zero-order chi connectivity index (χ0) is 15.1. The SMILES string of the molecule is Cc1cc(C(N)c2cc(C(F)(F)F)ccc2F)c(C)s1. The summed E-state index contributed by atoms with van der Waals surface area (Å²) in [5.74, 6) is -0.728. The van der Waals surface area contributed by atoms with Crippen molar-refractivity contribution in [1.29, 1.82) is 0 Å². The van der Waals surface area contributed by atoms with Crippen LogP contribution in [0.3, 0.4) is 0 Å². The summed E-state index contributed by atoms with van der Waals surface area (Å²) in [6, 6.07) is 3.20. The van der Waals surface area contributed by atoms with E-state index in [4.69, 9.17) is 5.73 Å². The molecule has 1 aromatic carbocycles. The topological polar surface area (TPSA) is 26.0 Å². The van der Waals surface area contributed by atoms with Crippen molar-refractivity contribution in [3.63, 3.8) is 0 Å². The maximum atomic E-state index is 13.8. The van der Waals surface area contributed by atoms with Gasteiger partial charge in [0.1, 0.15) is 5.82 Å². The van der Waals surface area contributed by atoms with Crippen LogP contribution >= 0.6 is 11.3 Å². The summed E-state index contributed by atoms with van der Waals surface area (Å²) in [6.45, 7) is 3.69. The van der Waals surface area contributed by atoms with Gasteiger partial charge in [-0.2, -0.15) is 13.2 Å². The second-order valence-electron chi connectivity index (χ2n) is 4.58. The lowest BCUT2D eigenvalue weighted by molar-refractivity contribution is -0.137. The Bertz CT molecular complexity index is 631. The number of alkyl halides is 3. The van der Waals surface area contributed by atoms with Crippen LogP contribution in [0.2, 0.25) is 0 Å². The molecule has 1 unspecified atom stereocenters. The van der Waals surface area contributed by atoms with Crippen molar-refractivity contribution in [1.82, 2.24) is 0 Å². The van der Waals surface area contributed by atoms with Gasteiger partial charge in [0.15, 0.2) is 0 Å². The maximum Gasteiger partial charge on any atom is 0.416 e. The minimum Gasteiger partial charge on any atom is -0.320 e. The number of hydrogen-bond acceptors (Lipinski definition) is 2. The van der Waals surface area contributed by atoms with Crippen molar-refractivity contribution in [3.05, 3.63) is 56.5 Å². The van der Waals surface area contributed by atoms with E-state index in [1.807, 2.05) is 13.8 Å². The van der Waals surface area contributed by atoms with Gasteiger partial charge in [-0.1, -0.05) is 0 Å². The van der Waals surface area contributed by atoms with Crippen LogP contribution < -0.4 is 5.73 Å². The Kier molecular flexibility index (Phi) is 3.88. The molecule has 1 aromatic heterocycles. The molecule has 0 bridgehead atoms. The van der Waals surface area contributed by atoms with Gasteiger partial charge in [0, 0.05) is 15.3 Å². The van der Waals surface area contributed by atoms with Gasteiger partial charge in [-0.15, -0.1) is 11.3 Å². The smallest absolute Gasteiger partial charge is 0.320 e. The van der Waals surface area contributed by atoms with Gasteiger partial charge in [0.25, 0.3) is 0 Å². The normalized spacial score (nSPS) is 13.6. The molecular formula is C14H13F4NS. The van der Waals surface area contributed by atoms with Crippen molar-refractivity contribution in [3.8, 4) is 0 Å². The van der Waals surface area contributed by atoms with E-state index in [-0.39, 0.29) is 5.56 Å². The van der Waals surface area contributed by atoms with E-state index in [1.165, 1.54) is 11.3 Å². The average Bonchev–Trinajstić information content (AvgIpc) is 2.66. The lowest BCUT2D eigenvalue weighted by Crippen LogP contribution is -2.16. The van der Waals surface area contributed by atoms with E-state index in [1.54, 1.807) is 6.07 Å². The molecule has 0 spiro atoms. The summed E-state index contributed by atoms with van der Waals surface area (Å²) in [5.41, 5.74) is 5.57. The molecule has 108 valence electrons. The van der Waals surface area contributed by atoms with Crippen molar-refractivity contribution < 1.29 is 17.6 Å². The quantitative estimate of drug-likeness (QED) is 0.808. The van der Waals surface area contributed by atoms with Gasteiger partial charge >= 0.3 is 6.18 Å². The monoisotopic (exact) mass is 303 g/mol. The molecular weight excluding hydrogens is 290 g/mol. The minimum atomic E-state index is -4.51. The first kappa shape index (κ1) is 15.0. The van der Waals surface area contributed by atoms with E-state index in [9.17, 15) is 17.6 Å². The number of aryl methyl sites for hydroxylation is 2. The van der Waals surface area contributed by atoms with Crippen molar-refractivity contribution in [2.24, 2.45) is 5.73 Å². The van der Waals surface area contributed by atoms with E-state index in [2.05, 4.69) is 0 Å². The summed E-state index contributed by atoms with van der Waals surface area (Å²) >= 11 is 1.48. The molecule has 0 radical (unpaired) electrons. The molecule has 0 aliphatic rings. The molecule has 0 saturated carbocycles. The molecule has 1 heterocycles. The Morgan fingerprint density at radius 3 is 2.25 bits per heavy atom. The van der Waals surface area contributed by atoms with Crippen LogP contribution in [0.1, 0.15) is 32.5 Å². The Labute approximate surface area is 118 Å². The minimum absolute atomic E-state index is 0.138. The predicted octanol–water partition coefficient (Wildman–Crippen LogP) is 4.57. The van der Waals surface area contributed by atoms with Gasteiger partial charge in [-0.25, -0.2) is 4.39 Å². The van der Waals surface area contributed by atoms with Gasteiger partial charge in [0.2, 0.25) is 0 Å². The largest absolute Gasteiger partial charge is 0.416 e. The first-order valence-corrected chi connectivity index (χ1v) is 6.71. The van der Waals surface area contributed by atoms with Gasteiger partial charge in [-0.05, 0) is 43.7 Å². The van der Waals surface area contributed by atoms with Gasteiger partial charge in [-0.3, -0.25) is 0 Å². The average molecular weight is 303 g/mol. The number of halogens is 4. The van der Waals surface area contributed by atoms with E-state index >= 15 is 0 Å². The molecule has 0 fully saturated rings. The van der Waals surface area contributed by atoms with Gasteiger partial charge < -0.3 is 5.73 Å². The molecule has 0 aliphatic heterocycles. The third kappa shape index (κ3) is 2.86. The number of nitrogens with two attached hydrogens (primary N) is 1. The summed E-state index contributed by atoms with van der Waals surface area (Å²) < 4.78 is 51.9. The third-order valence-corrected chi connectivity index (χ3v) is 4.05. The zero-order valence-electron chi connectivity index (χ0n) is 10.9. The first-order valence-electron chi connectivity index (χ1n) is 5.89.